The Morgan fingerprint density at radius 3 is 2.35 bits per heavy atom. The first kappa shape index (κ1) is 11.9. The summed E-state index contributed by atoms with van der Waals surface area (Å²) in [5.74, 6) is 0. The van der Waals surface area contributed by atoms with Gasteiger partial charge in [0.25, 0.3) is 0 Å². The highest BCUT2D eigenvalue weighted by Crippen LogP contribution is 2.15. The zero-order chi connectivity index (χ0) is 12.3. The summed E-state index contributed by atoms with van der Waals surface area (Å²) in [5, 5.41) is 7.70. The first-order chi connectivity index (χ1) is 8.16. The monoisotopic (exact) mass is 229 g/mol. The lowest BCUT2D eigenvalue weighted by atomic mass is 10.1. The van der Waals surface area contributed by atoms with Crippen molar-refractivity contribution in [1.29, 1.82) is 0 Å². The minimum absolute atomic E-state index is 0.377. The average molecular weight is 229 g/mol. The van der Waals surface area contributed by atoms with Crippen LogP contribution in [0.15, 0.2) is 42.7 Å². The fraction of sp³-hybridized carbons (Fsp3) is 0.357. The van der Waals surface area contributed by atoms with E-state index in [1.807, 2.05) is 16.9 Å². The number of nitrogens with zero attached hydrogens (tertiary/aromatic N) is 2. The average Bonchev–Trinajstić information content (AvgIpc) is 2.82. The fourth-order valence-corrected chi connectivity index (χ4v) is 1.93. The third kappa shape index (κ3) is 2.94. The van der Waals surface area contributed by atoms with Gasteiger partial charge in [0, 0.05) is 24.5 Å². The van der Waals surface area contributed by atoms with E-state index in [4.69, 9.17) is 0 Å². The SMILES string of the molecule is CC(C)NC(C)c1ccc(-n2cccn2)cc1. The number of hydrogen-bond acceptors (Lipinski definition) is 2. The Bertz CT molecular complexity index is 443. The summed E-state index contributed by atoms with van der Waals surface area (Å²) >= 11 is 0. The molecule has 90 valence electrons. The van der Waals surface area contributed by atoms with Gasteiger partial charge in [-0.1, -0.05) is 26.0 Å². The lowest BCUT2D eigenvalue weighted by Gasteiger charge is -2.17. The van der Waals surface area contributed by atoms with Gasteiger partial charge >= 0.3 is 0 Å². The van der Waals surface area contributed by atoms with Crippen molar-refractivity contribution in [2.24, 2.45) is 0 Å². The standard InChI is InChI=1S/C14H19N3/c1-11(2)16-12(3)13-5-7-14(8-6-13)17-10-4-9-15-17/h4-12,16H,1-3H3. The van der Waals surface area contributed by atoms with Gasteiger partial charge in [-0.25, -0.2) is 4.68 Å². The molecule has 3 heteroatoms. The number of rotatable bonds is 4. The molecule has 0 amide bonds. The molecule has 0 aliphatic rings. The van der Waals surface area contributed by atoms with Gasteiger partial charge in [-0.3, -0.25) is 0 Å². The number of benzene rings is 1. The highest BCUT2D eigenvalue weighted by molar-refractivity contribution is 5.34. The number of aromatic nitrogens is 2. The van der Waals surface area contributed by atoms with Gasteiger partial charge in [0.05, 0.1) is 5.69 Å². The van der Waals surface area contributed by atoms with Crippen LogP contribution in [0.2, 0.25) is 0 Å². The van der Waals surface area contributed by atoms with Crippen molar-refractivity contribution in [2.75, 3.05) is 0 Å². The molecule has 0 saturated heterocycles. The molecule has 0 aliphatic carbocycles. The molecule has 1 aromatic heterocycles. The van der Waals surface area contributed by atoms with Gasteiger partial charge in [-0.15, -0.1) is 0 Å². The molecular formula is C14H19N3. The van der Waals surface area contributed by atoms with E-state index in [1.165, 1.54) is 5.56 Å². The molecule has 0 spiro atoms. The third-order valence-electron chi connectivity index (χ3n) is 2.75. The van der Waals surface area contributed by atoms with Crippen LogP contribution in [0.1, 0.15) is 32.4 Å². The summed E-state index contributed by atoms with van der Waals surface area (Å²) in [4.78, 5) is 0. The molecule has 2 rings (SSSR count). The van der Waals surface area contributed by atoms with Crippen LogP contribution < -0.4 is 5.32 Å². The minimum atomic E-state index is 0.377. The normalized spacial score (nSPS) is 12.9. The second-order valence-electron chi connectivity index (χ2n) is 4.59. The Kier molecular flexibility index (Phi) is 3.59. The number of nitrogens with one attached hydrogen (secondary N) is 1. The summed E-state index contributed by atoms with van der Waals surface area (Å²) in [5.41, 5.74) is 2.39. The van der Waals surface area contributed by atoms with Crippen LogP contribution in [0.4, 0.5) is 0 Å². The van der Waals surface area contributed by atoms with Crippen molar-refractivity contribution >= 4 is 0 Å². The van der Waals surface area contributed by atoms with Crippen molar-refractivity contribution in [3.8, 4) is 5.69 Å². The Hall–Kier alpha value is -1.61. The molecule has 0 saturated carbocycles. The lowest BCUT2D eigenvalue weighted by molar-refractivity contribution is 0.506. The molecule has 1 heterocycles. The van der Waals surface area contributed by atoms with Gasteiger partial charge in [0.1, 0.15) is 0 Å². The van der Waals surface area contributed by atoms with Gasteiger partial charge in [-0.2, -0.15) is 5.10 Å². The van der Waals surface area contributed by atoms with Crippen LogP contribution in [0.3, 0.4) is 0 Å². The molecule has 0 bridgehead atoms. The number of hydrogen-bond donors (Lipinski definition) is 1. The maximum absolute atomic E-state index is 4.21. The smallest absolute Gasteiger partial charge is 0.0645 e. The van der Waals surface area contributed by atoms with E-state index in [1.54, 1.807) is 6.20 Å². The predicted molar refractivity (Wildman–Crippen MR) is 70.3 cm³/mol. The molecule has 0 aliphatic heterocycles. The molecule has 2 aromatic rings. The predicted octanol–water partition coefficient (Wildman–Crippen LogP) is 2.93. The van der Waals surface area contributed by atoms with Crippen molar-refractivity contribution < 1.29 is 0 Å². The van der Waals surface area contributed by atoms with Crippen LogP contribution >= 0.6 is 0 Å². The van der Waals surface area contributed by atoms with Crippen molar-refractivity contribution in [2.45, 2.75) is 32.9 Å². The topological polar surface area (TPSA) is 29.9 Å². The minimum Gasteiger partial charge on any atom is -0.308 e. The van der Waals surface area contributed by atoms with Gasteiger partial charge in [0.15, 0.2) is 0 Å². The van der Waals surface area contributed by atoms with Gasteiger partial charge in [0.2, 0.25) is 0 Å². The van der Waals surface area contributed by atoms with E-state index >= 15 is 0 Å². The molecule has 0 radical (unpaired) electrons. The molecule has 3 nitrogen and oxygen atoms in total. The largest absolute Gasteiger partial charge is 0.308 e. The van der Waals surface area contributed by atoms with Crippen LogP contribution in [-0.4, -0.2) is 15.8 Å². The second kappa shape index (κ2) is 5.15. The van der Waals surface area contributed by atoms with Crippen molar-refractivity contribution in [1.82, 2.24) is 15.1 Å². The van der Waals surface area contributed by atoms with Crippen LogP contribution in [0.5, 0.6) is 0 Å². The van der Waals surface area contributed by atoms with Crippen LogP contribution in [0.25, 0.3) is 5.69 Å². The summed E-state index contributed by atoms with van der Waals surface area (Å²) in [7, 11) is 0. The van der Waals surface area contributed by atoms with Crippen LogP contribution in [-0.2, 0) is 0 Å². The van der Waals surface area contributed by atoms with E-state index < -0.39 is 0 Å². The summed E-state index contributed by atoms with van der Waals surface area (Å²) in [6.45, 7) is 6.51. The summed E-state index contributed by atoms with van der Waals surface area (Å²) < 4.78 is 1.87. The molecule has 1 aromatic carbocycles. The van der Waals surface area contributed by atoms with Crippen LogP contribution in [0, 0.1) is 0 Å². The molecule has 1 N–H and O–H groups in total. The van der Waals surface area contributed by atoms with E-state index in [-0.39, 0.29) is 0 Å². The maximum atomic E-state index is 4.21. The van der Waals surface area contributed by atoms with E-state index in [0.717, 1.165) is 5.69 Å². The maximum Gasteiger partial charge on any atom is 0.0645 e. The Morgan fingerprint density at radius 1 is 1.12 bits per heavy atom. The van der Waals surface area contributed by atoms with E-state index in [0.29, 0.717) is 12.1 Å². The fourth-order valence-electron chi connectivity index (χ4n) is 1.93. The quantitative estimate of drug-likeness (QED) is 0.873. The summed E-state index contributed by atoms with van der Waals surface area (Å²) in [6.07, 6.45) is 3.74. The third-order valence-corrected chi connectivity index (χ3v) is 2.75. The molecule has 17 heavy (non-hydrogen) atoms. The highest BCUT2D eigenvalue weighted by atomic mass is 15.3. The van der Waals surface area contributed by atoms with Crippen molar-refractivity contribution in [3.05, 3.63) is 48.3 Å². The summed E-state index contributed by atoms with van der Waals surface area (Å²) in [6, 6.07) is 11.3. The lowest BCUT2D eigenvalue weighted by Crippen LogP contribution is -2.25. The molecule has 0 fully saturated rings. The Labute approximate surface area is 102 Å². The first-order valence-electron chi connectivity index (χ1n) is 6.03. The first-order valence-corrected chi connectivity index (χ1v) is 6.03. The molecule has 1 atom stereocenters. The van der Waals surface area contributed by atoms with E-state index in [9.17, 15) is 0 Å². The second-order valence-corrected chi connectivity index (χ2v) is 4.59. The van der Waals surface area contributed by atoms with Gasteiger partial charge < -0.3 is 5.32 Å². The zero-order valence-corrected chi connectivity index (χ0v) is 10.6. The van der Waals surface area contributed by atoms with Gasteiger partial charge in [-0.05, 0) is 30.7 Å². The van der Waals surface area contributed by atoms with E-state index in [2.05, 4.69) is 55.5 Å². The Balaban J connectivity index is 2.13. The molecular weight excluding hydrogens is 210 g/mol. The highest BCUT2D eigenvalue weighted by Gasteiger charge is 2.06. The van der Waals surface area contributed by atoms with Crippen molar-refractivity contribution in [3.63, 3.8) is 0 Å². The molecule has 1 unspecified atom stereocenters. The Morgan fingerprint density at radius 2 is 1.82 bits per heavy atom. The zero-order valence-electron chi connectivity index (χ0n) is 10.6.